The molecule has 0 amide bonds. The second kappa shape index (κ2) is 62.6. The second-order valence-electron chi connectivity index (χ2n) is 20.6. The van der Waals surface area contributed by atoms with E-state index in [1.165, 1.54) is 116 Å². The Hall–Kier alpha value is -3.93. The summed E-state index contributed by atoms with van der Waals surface area (Å²) in [6.45, 7) is 6.43. The molecule has 0 aromatic rings. The van der Waals surface area contributed by atoms with Crippen LogP contribution in [-0.2, 0) is 28.6 Å². The fourth-order valence-electron chi connectivity index (χ4n) is 8.54. The minimum Gasteiger partial charge on any atom is -0.462 e. The van der Waals surface area contributed by atoms with Gasteiger partial charge in [0, 0.05) is 19.3 Å². The highest BCUT2D eigenvalue weighted by molar-refractivity contribution is 5.71. The van der Waals surface area contributed by atoms with Crippen molar-refractivity contribution in [1.29, 1.82) is 0 Å². The zero-order chi connectivity index (χ0) is 54.3. The number of rotatable bonds is 56. The lowest BCUT2D eigenvalue weighted by Crippen LogP contribution is -2.30. The Morgan fingerprint density at radius 3 is 0.880 bits per heavy atom. The molecule has 0 aliphatic carbocycles. The lowest BCUT2D eigenvalue weighted by molar-refractivity contribution is -0.167. The van der Waals surface area contributed by atoms with Crippen LogP contribution in [0.15, 0.2) is 109 Å². The summed E-state index contributed by atoms with van der Waals surface area (Å²) in [4.78, 5) is 38.3. The molecule has 0 spiro atoms. The highest BCUT2D eigenvalue weighted by Crippen LogP contribution is 2.15. The van der Waals surface area contributed by atoms with Gasteiger partial charge in [0.25, 0.3) is 0 Å². The SMILES string of the molecule is CC/C=C\C/C=C\C/C=C\C/C=C\C/C=C\CCCCCC(=O)OC(COC(=O)CCCCCCC/C=C\C/C=C\CCC)COC(=O)CCCCCCCCCCCCCCC/C=C\C/C=C\CCCCCCC. The Kier molecular flexibility index (Phi) is 59.3. The van der Waals surface area contributed by atoms with Gasteiger partial charge in [0.05, 0.1) is 0 Å². The normalized spacial score (nSPS) is 12.8. The van der Waals surface area contributed by atoms with Gasteiger partial charge >= 0.3 is 17.9 Å². The lowest BCUT2D eigenvalue weighted by Gasteiger charge is -2.18. The van der Waals surface area contributed by atoms with Crippen molar-refractivity contribution < 1.29 is 28.6 Å². The van der Waals surface area contributed by atoms with Crippen molar-refractivity contribution in [2.45, 2.75) is 297 Å². The van der Waals surface area contributed by atoms with Crippen LogP contribution in [0.5, 0.6) is 0 Å². The Labute approximate surface area is 463 Å². The maximum absolute atomic E-state index is 12.9. The van der Waals surface area contributed by atoms with Gasteiger partial charge in [-0.3, -0.25) is 14.4 Å². The zero-order valence-corrected chi connectivity index (χ0v) is 49.0. The van der Waals surface area contributed by atoms with Crippen molar-refractivity contribution in [2.24, 2.45) is 0 Å². The Morgan fingerprint density at radius 2 is 0.547 bits per heavy atom. The van der Waals surface area contributed by atoms with Gasteiger partial charge in [-0.2, -0.15) is 0 Å². The van der Waals surface area contributed by atoms with Crippen molar-refractivity contribution in [3.63, 3.8) is 0 Å². The minimum atomic E-state index is -0.804. The summed E-state index contributed by atoms with van der Waals surface area (Å²) < 4.78 is 16.9. The molecule has 0 aromatic heterocycles. The number of ether oxygens (including phenoxy) is 3. The molecule has 75 heavy (non-hydrogen) atoms. The number of allylic oxidation sites excluding steroid dienone is 18. The van der Waals surface area contributed by atoms with Crippen molar-refractivity contribution in [3.8, 4) is 0 Å². The molecule has 0 saturated heterocycles. The maximum Gasteiger partial charge on any atom is 0.306 e. The number of unbranched alkanes of at least 4 members (excludes halogenated alkanes) is 27. The van der Waals surface area contributed by atoms with E-state index in [1.807, 2.05) is 0 Å². The van der Waals surface area contributed by atoms with Gasteiger partial charge < -0.3 is 14.2 Å². The monoisotopic (exact) mass is 1040 g/mol. The number of carbonyl (C=O) groups is 3. The van der Waals surface area contributed by atoms with E-state index in [0.717, 1.165) is 135 Å². The number of hydrogen-bond donors (Lipinski definition) is 0. The summed E-state index contributed by atoms with van der Waals surface area (Å²) >= 11 is 0. The zero-order valence-electron chi connectivity index (χ0n) is 49.0. The molecule has 0 aromatic carbocycles. The molecule has 428 valence electrons. The van der Waals surface area contributed by atoms with E-state index in [9.17, 15) is 14.4 Å². The first-order valence-corrected chi connectivity index (χ1v) is 31.4. The number of hydrogen-bond acceptors (Lipinski definition) is 6. The van der Waals surface area contributed by atoms with Crippen LogP contribution in [0.25, 0.3) is 0 Å². The summed E-state index contributed by atoms with van der Waals surface area (Å²) in [5.41, 5.74) is 0. The molecular formula is C69H116O6. The van der Waals surface area contributed by atoms with Crippen LogP contribution in [0, 0.1) is 0 Å². The second-order valence-corrected chi connectivity index (χ2v) is 20.6. The Balaban J connectivity index is 4.37. The van der Waals surface area contributed by atoms with Gasteiger partial charge in [0.1, 0.15) is 13.2 Å². The van der Waals surface area contributed by atoms with Gasteiger partial charge in [0.2, 0.25) is 0 Å². The summed E-state index contributed by atoms with van der Waals surface area (Å²) in [5.74, 6) is -0.940. The van der Waals surface area contributed by atoms with Gasteiger partial charge in [-0.1, -0.05) is 259 Å². The van der Waals surface area contributed by atoms with E-state index in [4.69, 9.17) is 14.2 Å². The highest BCUT2D eigenvalue weighted by Gasteiger charge is 2.19. The molecule has 0 rings (SSSR count). The van der Waals surface area contributed by atoms with Crippen LogP contribution in [0.2, 0.25) is 0 Å². The molecule has 0 aliphatic heterocycles. The summed E-state index contributed by atoms with van der Waals surface area (Å²) in [6.07, 6.45) is 85.2. The van der Waals surface area contributed by atoms with Crippen LogP contribution in [-0.4, -0.2) is 37.2 Å². The van der Waals surface area contributed by atoms with Crippen molar-refractivity contribution in [3.05, 3.63) is 109 Å². The smallest absolute Gasteiger partial charge is 0.306 e. The Bertz CT molecular complexity index is 1520. The lowest BCUT2D eigenvalue weighted by atomic mass is 10.0. The first-order chi connectivity index (χ1) is 37.0. The van der Waals surface area contributed by atoms with Gasteiger partial charge in [-0.15, -0.1) is 0 Å². The third-order valence-corrected chi connectivity index (χ3v) is 13.2. The largest absolute Gasteiger partial charge is 0.462 e. The first kappa shape index (κ1) is 71.1. The van der Waals surface area contributed by atoms with E-state index in [-0.39, 0.29) is 37.5 Å². The quantitative estimate of drug-likeness (QED) is 0.0261. The van der Waals surface area contributed by atoms with Crippen molar-refractivity contribution in [1.82, 2.24) is 0 Å². The summed E-state index contributed by atoms with van der Waals surface area (Å²) in [6, 6.07) is 0. The molecule has 1 unspecified atom stereocenters. The first-order valence-electron chi connectivity index (χ1n) is 31.4. The van der Waals surface area contributed by atoms with Crippen molar-refractivity contribution >= 4 is 17.9 Å². The van der Waals surface area contributed by atoms with Crippen LogP contribution < -0.4 is 0 Å². The highest BCUT2D eigenvalue weighted by atomic mass is 16.6. The Morgan fingerprint density at radius 1 is 0.280 bits per heavy atom. The average molecular weight is 1040 g/mol. The molecule has 6 heteroatoms. The molecule has 0 heterocycles. The van der Waals surface area contributed by atoms with Crippen molar-refractivity contribution in [2.75, 3.05) is 13.2 Å². The van der Waals surface area contributed by atoms with E-state index in [1.54, 1.807) is 0 Å². The van der Waals surface area contributed by atoms with Crippen LogP contribution in [0.4, 0.5) is 0 Å². The fourth-order valence-corrected chi connectivity index (χ4v) is 8.54. The third kappa shape index (κ3) is 60.8. The van der Waals surface area contributed by atoms with E-state index < -0.39 is 6.10 Å². The predicted molar refractivity (Wildman–Crippen MR) is 325 cm³/mol. The average Bonchev–Trinajstić information content (AvgIpc) is 3.41. The van der Waals surface area contributed by atoms with E-state index >= 15 is 0 Å². The maximum atomic E-state index is 12.9. The molecular weight excluding hydrogens is 925 g/mol. The molecule has 0 fully saturated rings. The van der Waals surface area contributed by atoms with Crippen LogP contribution in [0.1, 0.15) is 290 Å². The van der Waals surface area contributed by atoms with Crippen LogP contribution in [0.3, 0.4) is 0 Å². The molecule has 1 atom stereocenters. The van der Waals surface area contributed by atoms with Crippen LogP contribution >= 0.6 is 0 Å². The number of esters is 3. The summed E-state index contributed by atoms with van der Waals surface area (Å²) in [5, 5.41) is 0. The van der Waals surface area contributed by atoms with Gasteiger partial charge in [-0.05, 0) is 122 Å². The predicted octanol–water partition coefficient (Wildman–Crippen LogP) is 21.4. The molecule has 0 bridgehead atoms. The standard InChI is InChI=1S/C69H116O6/c1-4-7-10-13-16-19-22-25-27-29-31-32-33-34-35-36-38-39-41-44-47-50-53-56-59-62-68(71)74-65-66(64-73-67(70)61-58-55-52-49-46-43-24-21-18-15-12-9-6-3)75-69(72)63-60-57-54-51-48-45-42-40-37-30-28-26-23-20-17-14-11-8-5-2/h8,11-12,15,17,20-22,24-26,28-29,31,37,40,45,48,66H,4-7,9-10,13-14,16,18-19,23,27,30,32-36,38-39,41-44,46-47,49-65H2,1-3H3/b11-8-,15-12-,20-17-,24-21-,25-22-,28-26-,31-29-,40-37-,48-45-. The van der Waals surface area contributed by atoms with Gasteiger partial charge in [0.15, 0.2) is 6.10 Å². The third-order valence-electron chi connectivity index (χ3n) is 13.2. The molecule has 6 nitrogen and oxygen atoms in total. The minimum absolute atomic E-state index is 0.0970. The topological polar surface area (TPSA) is 78.9 Å². The molecule has 0 N–H and O–H groups in total. The number of carbonyl (C=O) groups excluding carboxylic acids is 3. The van der Waals surface area contributed by atoms with Gasteiger partial charge in [-0.25, -0.2) is 0 Å². The summed E-state index contributed by atoms with van der Waals surface area (Å²) in [7, 11) is 0. The van der Waals surface area contributed by atoms with E-state index in [2.05, 4.69) is 130 Å². The molecule has 0 radical (unpaired) electrons. The fraction of sp³-hybridized carbons (Fsp3) is 0.696. The van der Waals surface area contributed by atoms with E-state index in [0.29, 0.717) is 12.8 Å². The molecule has 0 aliphatic rings. The molecule has 0 saturated carbocycles.